The fourth-order valence-electron chi connectivity index (χ4n) is 2.61. The van der Waals surface area contributed by atoms with Gasteiger partial charge >= 0.3 is 12.1 Å². The summed E-state index contributed by atoms with van der Waals surface area (Å²) in [6.45, 7) is 7.54. The van der Waals surface area contributed by atoms with Crippen molar-refractivity contribution in [3.63, 3.8) is 0 Å². The van der Waals surface area contributed by atoms with E-state index in [2.05, 4.69) is 15.2 Å². The van der Waals surface area contributed by atoms with Crippen molar-refractivity contribution in [1.29, 1.82) is 0 Å². The van der Waals surface area contributed by atoms with Crippen molar-refractivity contribution in [3.8, 4) is 0 Å². The number of hydrogen-bond donors (Lipinski definition) is 1. The first kappa shape index (κ1) is 16.9. The summed E-state index contributed by atoms with van der Waals surface area (Å²) in [5, 5.41) is 17.0. The van der Waals surface area contributed by atoms with Crippen LogP contribution in [0.3, 0.4) is 0 Å². The lowest BCUT2D eigenvalue weighted by molar-refractivity contribution is 0.0240. The molecule has 1 N–H and O–H groups in total. The molecule has 25 heavy (non-hydrogen) atoms. The van der Waals surface area contributed by atoms with Crippen molar-refractivity contribution in [2.45, 2.75) is 26.4 Å². The van der Waals surface area contributed by atoms with Crippen LogP contribution in [0.1, 0.15) is 31.3 Å². The van der Waals surface area contributed by atoms with E-state index < -0.39 is 11.6 Å². The van der Waals surface area contributed by atoms with Gasteiger partial charge in [0.25, 0.3) is 0 Å². The Hall–Kier alpha value is -2.91. The molecule has 0 aliphatic carbocycles. The maximum absolute atomic E-state index is 12.1. The highest BCUT2D eigenvalue weighted by molar-refractivity contribution is 5.87. The minimum Gasteiger partial charge on any atom is -0.477 e. The quantitative estimate of drug-likeness (QED) is 0.851. The van der Waals surface area contributed by atoms with Crippen LogP contribution in [0.15, 0.2) is 12.5 Å². The number of carboxylic acids is 1. The maximum atomic E-state index is 12.1. The lowest BCUT2D eigenvalue weighted by Gasteiger charge is -2.36. The van der Waals surface area contributed by atoms with Crippen LogP contribution in [0.25, 0.3) is 5.65 Å². The Balaban J connectivity index is 1.75. The van der Waals surface area contributed by atoms with Crippen molar-refractivity contribution in [2.75, 3.05) is 31.1 Å². The van der Waals surface area contributed by atoms with Crippen molar-refractivity contribution < 1.29 is 19.4 Å². The molecule has 0 radical (unpaired) electrons. The van der Waals surface area contributed by atoms with Crippen LogP contribution in [-0.4, -0.2) is 73.4 Å². The van der Waals surface area contributed by atoms with Gasteiger partial charge in [0.15, 0.2) is 11.5 Å². The number of piperazine rings is 1. The molecule has 10 heteroatoms. The third-order valence-corrected chi connectivity index (χ3v) is 3.77. The summed E-state index contributed by atoms with van der Waals surface area (Å²) in [7, 11) is 0. The summed E-state index contributed by atoms with van der Waals surface area (Å²) < 4.78 is 6.77. The summed E-state index contributed by atoms with van der Waals surface area (Å²) >= 11 is 0. The summed E-state index contributed by atoms with van der Waals surface area (Å²) in [5.74, 6) is -0.551. The summed E-state index contributed by atoms with van der Waals surface area (Å²) in [4.78, 5) is 31.2. The number of carboxylic acid groups (broad SMARTS) is 1. The lowest BCUT2D eigenvalue weighted by atomic mass is 10.2. The van der Waals surface area contributed by atoms with Gasteiger partial charge in [-0.15, -0.1) is 10.2 Å². The van der Waals surface area contributed by atoms with Crippen LogP contribution >= 0.6 is 0 Å². The van der Waals surface area contributed by atoms with Gasteiger partial charge in [-0.2, -0.15) is 0 Å². The van der Waals surface area contributed by atoms with Gasteiger partial charge in [0, 0.05) is 26.2 Å². The molecule has 1 amide bonds. The number of carbonyl (C=O) groups excluding carboxylic acids is 1. The van der Waals surface area contributed by atoms with Gasteiger partial charge in [0.2, 0.25) is 5.65 Å². The first-order valence-electron chi connectivity index (χ1n) is 7.91. The number of anilines is 1. The number of fused-ring (bicyclic) bond motifs is 1. The first-order chi connectivity index (χ1) is 11.8. The Labute approximate surface area is 144 Å². The molecule has 3 rings (SSSR count). The number of amides is 1. The summed E-state index contributed by atoms with van der Waals surface area (Å²) in [6, 6.07) is 0. The van der Waals surface area contributed by atoms with E-state index in [1.54, 1.807) is 4.90 Å². The van der Waals surface area contributed by atoms with E-state index in [0.29, 0.717) is 37.6 Å². The topological polar surface area (TPSA) is 113 Å². The number of rotatable bonds is 2. The number of hydrogen-bond acceptors (Lipinski definition) is 7. The Morgan fingerprint density at radius 2 is 1.88 bits per heavy atom. The first-order valence-corrected chi connectivity index (χ1v) is 7.91. The average Bonchev–Trinajstić information content (AvgIpc) is 3.01. The van der Waals surface area contributed by atoms with Crippen molar-refractivity contribution in [1.82, 2.24) is 24.5 Å². The second kappa shape index (κ2) is 6.19. The Bertz CT molecular complexity index is 804. The van der Waals surface area contributed by atoms with Gasteiger partial charge in [-0.1, -0.05) is 0 Å². The summed E-state index contributed by atoms with van der Waals surface area (Å²) in [5.41, 5.74) is -0.155. The fraction of sp³-hybridized carbons (Fsp3) is 0.533. The molecular formula is C15H20N6O4. The van der Waals surface area contributed by atoms with Gasteiger partial charge in [-0.25, -0.2) is 14.6 Å². The second-order valence-electron chi connectivity index (χ2n) is 6.75. The van der Waals surface area contributed by atoms with E-state index in [4.69, 9.17) is 4.74 Å². The number of nitrogens with zero attached hydrogens (tertiary/aromatic N) is 6. The van der Waals surface area contributed by atoms with Crippen LogP contribution < -0.4 is 4.90 Å². The van der Waals surface area contributed by atoms with Gasteiger partial charge in [0.05, 0.1) is 6.20 Å². The zero-order valence-corrected chi connectivity index (χ0v) is 14.3. The molecule has 134 valence electrons. The molecule has 0 spiro atoms. The molecule has 2 aromatic heterocycles. The predicted molar refractivity (Wildman–Crippen MR) is 87.8 cm³/mol. The minimum atomic E-state index is -1.10. The van der Waals surface area contributed by atoms with Crippen LogP contribution in [0.2, 0.25) is 0 Å². The molecule has 0 saturated carbocycles. The maximum Gasteiger partial charge on any atom is 0.410 e. The third kappa shape index (κ3) is 3.47. The number of ether oxygens (including phenoxy) is 1. The molecule has 0 unspecified atom stereocenters. The molecule has 1 aliphatic heterocycles. The molecular weight excluding hydrogens is 328 g/mol. The van der Waals surface area contributed by atoms with Crippen molar-refractivity contribution in [3.05, 3.63) is 18.2 Å². The van der Waals surface area contributed by atoms with E-state index in [1.807, 2.05) is 25.7 Å². The summed E-state index contributed by atoms with van der Waals surface area (Å²) in [6.07, 6.45) is 2.30. The van der Waals surface area contributed by atoms with Crippen LogP contribution in [0.5, 0.6) is 0 Å². The highest BCUT2D eigenvalue weighted by atomic mass is 16.6. The van der Waals surface area contributed by atoms with E-state index in [1.165, 1.54) is 16.9 Å². The number of aromatic carboxylic acids is 1. The number of aromatic nitrogens is 4. The predicted octanol–water partition coefficient (Wildman–Crippen LogP) is 0.880. The molecule has 1 fully saturated rings. The van der Waals surface area contributed by atoms with Gasteiger partial charge in [0.1, 0.15) is 11.9 Å². The molecule has 0 atom stereocenters. The fourth-order valence-corrected chi connectivity index (χ4v) is 2.61. The highest BCUT2D eigenvalue weighted by Gasteiger charge is 2.28. The van der Waals surface area contributed by atoms with E-state index >= 15 is 0 Å². The minimum absolute atomic E-state index is 0.00357. The third-order valence-electron chi connectivity index (χ3n) is 3.77. The number of carbonyl (C=O) groups is 2. The van der Waals surface area contributed by atoms with Gasteiger partial charge in [-0.3, -0.25) is 4.40 Å². The van der Waals surface area contributed by atoms with E-state index in [-0.39, 0.29) is 11.8 Å². The smallest absolute Gasteiger partial charge is 0.410 e. The van der Waals surface area contributed by atoms with Crippen molar-refractivity contribution in [2.24, 2.45) is 0 Å². The average molecular weight is 348 g/mol. The highest BCUT2D eigenvalue weighted by Crippen LogP contribution is 2.20. The van der Waals surface area contributed by atoms with Crippen LogP contribution in [0.4, 0.5) is 10.6 Å². The molecule has 1 saturated heterocycles. The van der Waals surface area contributed by atoms with Crippen molar-refractivity contribution >= 4 is 23.5 Å². The monoisotopic (exact) mass is 348 g/mol. The molecule has 10 nitrogen and oxygen atoms in total. The zero-order chi connectivity index (χ0) is 18.2. The second-order valence-corrected chi connectivity index (χ2v) is 6.75. The van der Waals surface area contributed by atoms with Gasteiger partial charge in [-0.05, 0) is 20.8 Å². The standard InChI is InChI=1S/C15H20N6O4/c1-15(2,3)25-14(24)20-6-4-19(5-7-20)11-12-18-17-9-21(12)10(8-16-11)13(22)23/h8-9H,4-7H2,1-3H3,(H,22,23). The molecule has 3 heterocycles. The molecule has 0 aromatic carbocycles. The Kier molecular flexibility index (Phi) is 4.19. The molecule has 0 bridgehead atoms. The molecule has 1 aliphatic rings. The SMILES string of the molecule is CC(C)(C)OC(=O)N1CCN(c2ncc(C(=O)O)n3cnnc23)CC1. The van der Waals surface area contributed by atoms with E-state index in [9.17, 15) is 14.7 Å². The van der Waals surface area contributed by atoms with Gasteiger partial charge < -0.3 is 19.6 Å². The molecule has 2 aromatic rings. The lowest BCUT2D eigenvalue weighted by Crippen LogP contribution is -2.50. The Morgan fingerprint density at radius 3 is 2.48 bits per heavy atom. The van der Waals surface area contributed by atoms with Crippen LogP contribution in [-0.2, 0) is 4.74 Å². The normalized spacial score (nSPS) is 15.5. The van der Waals surface area contributed by atoms with E-state index in [0.717, 1.165) is 0 Å². The zero-order valence-electron chi connectivity index (χ0n) is 14.3. The Morgan fingerprint density at radius 1 is 1.20 bits per heavy atom. The van der Waals surface area contributed by atoms with Crippen LogP contribution in [0, 0.1) is 0 Å². The largest absolute Gasteiger partial charge is 0.477 e.